The van der Waals surface area contributed by atoms with E-state index in [1.807, 2.05) is 48.0 Å². The smallest absolute Gasteiger partial charge is 0.333 e. The van der Waals surface area contributed by atoms with Crippen molar-refractivity contribution < 1.29 is 9.53 Å². The molecule has 9 heteroatoms. The van der Waals surface area contributed by atoms with E-state index in [-0.39, 0.29) is 17.2 Å². The van der Waals surface area contributed by atoms with Crippen LogP contribution in [0.25, 0.3) is 16.9 Å². The van der Waals surface area contributed by atoms with Crippen molar-refractivity contribution >= 4 is 22.9 Å². The van der Waals surface area contributed by atoms with Gasteiger partial charge in [-0.05, 0) is 19.4 Å². The Morgan fingerprint density at radius 1 is 1.21 bits per heavy atom. The molecule has 29 heavy (non-hydrogen) atoms. The number of fused-ring (bicyclic) bond motifs is 3. The first-order valence-corrected chi connectivity index (χ1v) is 9.16. The molecule has 0 amide bonds. The maximum absolute atomic E-state index is 13.1. The standard InChI is InChI=1S/C20H21N5O4/c1-12-10-23-16-17(22(3)20(28)24(18(16)27)11-15(26)29-4)21-19(23)25(12)13(2)14-8-6-5-7-9-14/h5-10,13H,11H2,1-4H3/t13-/m0/s1. The summed E-state index contributed by atoms with van der Waals surface area (Å²) in [6.07, 6.45) is 1.82. The van der Waals surface area contributed by atoms with Gasteiger partial charge in [0.05, 0.1) is 13.2 Å². The molecule has 1 aromatic carbocycles. The van der Waals surface area contributed by atoms with Crippen molar-refractivity contribution in [3.05, 3.63) is 68.6 Å². The molecule has 9 nitrogen and oxygen atoms in total. The number of aryl methyl sites for hydroxylation is 2. The average molecular weight is 395 g/mol. The molecule has 0 aliphatic heterocycles. The third kappa shape index (κ3) is 2.77. The number of rotatable bonds is 4. The van der Waals surface area contributed by atoms with Gasteiger partial charge in [0.1, 0.15) is 6.54 Å². The maximum atomic E-state index is 13.1. The van der Waals surface area contributed by atoms with Crippen LogP contribution in [0.4, 0.5) is 0 Å². The topological polar surface area (TPSA) is 92.5 Å². The highest BCUT2D eigenvalue weighted by Crippen LogP contribution is 2.25. The molecule has 0 saturated carbocycles. The number of benzene rings is 1. The minimum absolute atomic E-state index is 0.0279. The Labute approximate surface area is 165 Å². The number of ether oxygens (including phenoxy) is 1. The predicted molar refractivity (Wildman–Crippen MR) is 107 cm³/mol. The van der Waals surface area contributed by atoms with E-state index in [0.717, 1.165) is 15.8 Å². The molecule has 1 atom stereocenters. The quantitative estimate of drug-likeness (QED) is 0.485. The van der Waals surface area contributed by atoms with Gasteiger partial charge in [-0.2, -0.15) is 4.98 Å². The molecule has 4 rings (SSSR count). The monoisotopic (exact) mass is 395 g/mol. The van der Waals surface area contributed by atoms with Crippen molar-refractivity contribution in [2.24, 2.45) is 7.05 Å². The normalized spacial score (nSPS) is 12.6. The van der Waals surface area contributed by atoms with E-state index < -0.39 is 23.8 Å². The van der Waals surface area contributed by atoms with Crippen molar-refractivity contribution in [3.8, 4) is 0 Å². The van der Waals surface area contributed by atoms with Gasteiger partial charge in [-0.1, -0.05) is 30.3 Å². The molecule has 0 aliphatic rings. The first-order chi connectivity index (χ1) is 13.8. The van der Waals surface area contributed by atoms with E-state index in [9.17, 15) is 14.4 Å². The summed E-state index contributed by atoms with van der Waals surface area (Å²) in [5, 5.41) is 0. The Kier molecular flexibility index (Phi) is 4.37. The lowest BCUT2D eigenvalue weighted by molar-refractivity contribution is -0.141. The van der Waals surface area contributed by atoms with E-state index in [2.05, 4.69) is 16.6 Å². The summed E-state index contributed by atoms with van der Waals surface area (Å²) in [6.45, 7) is 3.54. The molecular formula is C20H21N5O4. The summed E-state index contributed by atoms with van der Waals surface area (Å²) in [6, 6.07) is 9.93. The van der Waals surface area contributed by atoms with Gasteiger partial charge in [0.25, 0.3) is 5.56 Å². The molecule has 0 radical (unpaired) electrons. The van der Waals surface area contributed by atoms with Crippen LogP contribution in [0.2, 0.25) is 0 Å². The van der Waals surface area contributed by atoms with Gasteiger partial charge in [-0.15, -0.1) is 0 Å². The highest BCUT2D eigenvalue weighted by molar-refractivity contribution is 5.76. The number of esters is 1. The van der Waals surface area contributed by atoms with E-state index in [1.54, 1.807) is 4.40 Å². The molecule has 4 aromatic rings. The second kappa shape index (κ2) is 6.77. The number of carbonyl (C=O) groups excluding carboxylic acids is 1. The summed E-state index contributed by atoms with van der Waals surface area (Å²) in [5.74, 6) is -0.118. The first-order valence-electron chi connectivity index (χ1n) is 9.16. The van der Waals surface area contributed by atoms with Crippen LogP contribution in [-0.4, -0.2) is 36.2 Å². The first kappa shape index (κ1) is 18.7. The van der Waals surface area contributed by atoms with E-state index >= 15 is 0 Å². The second-order valence-corrected chi connectivity index (χ2v) is 6.99. The fraction of sp³-hybridized carbons (Fsp3) is 0.300. The van der Waals surface area contributed by atoms with Gasteiger partial charge in [-0.25, -0.2) is 9.36 Å². The van der Waals surface area contributed by atoms with E-state index in [1.165, 1.54) is 18.7 Å². The number of methoxy groups -OCH3 is 1. The molecule has 3 aromatic heterocycles. The minimum atomic E-state index is -0.671. The lowest BCUT2D eigenvalue weighted by Gasteiger charge is -2.16. The third-order valence-corrected chi connectivity index (χ3v) is 5.25. The zero-order valence-corrected chi connectivity index (χ0v) is 16.6. The molecule has 0 N–H and O–H groups in total. The van der Waals surface area contributed by atoms with Gasteiger partial charge >= 0.3 is 11.7 Å². The summed E-state index contributed by atoms with van der Waals surface area (Å²) in [7, 11) is 2.74. The largest absolute Gasteiger partial charge is 0.468 e. The summed E-state index contributed by atoms with van der Waals surface area (Å²) in [4.78, 5) is 42.0. The molecule has 0 spiro atoms. The molecular weight excluding hydrogens is 374 g/mol. The predicted octanol–water partition coefficient (Wildman–Crippen LogP) is 1.24. The number of hydrogen-bond acceptors (Lipinski definition) is 5. The molecule has 0 unspecified atom stereocenters. The highest BCUT2D eigenvalue weighted by Gasteiger charge is 2.23. The lowest BCUT2D eigenvalue weighted by atomic mass is 10.1. The fourth-order valence-corrected chi connectivity index (χ4v) is 3.72. The summed E-state index contributed by atoms with van der Waals surface area (Å²) in [5.41, 5.74) is 1.33. The zero-order valence-electron chi connectivity index (χ0n) is 16.6. The van der Waals surface area contributed by atoms with Gasteiger partial charge in [0.15, 0.2) is 11.2 Å². The molecule has 150 valence electrons. The summed E-state index contributed by atoms with van der Waals surface area (Å²) >= 11 is 0. The number of nitrogens with zero attached hydrogens (tertiary/aromatic N) is 5. The SMILES string of the molecule is COC(=O)Cn1c(=O)c2c(nc3n([C@@H](C)c4ccccc4)c(C)cn23)n(C)c1=O. The molecule has 0 aliphatic carbocycles. The third-order valence-electron chi connectivity index (χ3n) is 5.25. The van der Waals surface area contributed by atoms with Gasteiger partial charge < -0.3 is 9.30 Å². The van der Waals surface area contributed by atoms with Crippen LogP contribution in [0.5, 0.6) is 0 Å². The van der Waals surface area contributed by atoms with Crippen LogP contribution < -0.4 is 11.2 Å². The molecule has 0 fully saturated rings. The number of imidazole rings is 2. The van der Waals surface area contributed by atoms with Gasteiger partial charge in [-0.3, -0.25) is 18.6 Å². The van der Waals surface area contributed by atoms with Crippen LogP contribution in [0.3, 0.4) is 0 Å². The number of aromatic nitrogens is 5. The molecule has 0 bridgehead atoms. The molecule has 0 saturated heterocycles. The van der Waals surface area contributed by atoms with Crippen LogP contribution in [0.15, 0.2) is 46.1 Å². The Morgan fingerprint density at radius 2 is 1.90 bits per heavy atom. The van der Waals surface area contributed by atoms with Crippen molar-refractivity contribution in [3.63, 3.8) is 0 Å². The Morgan fingerprint density at radius 3 is 2.55 bits per heavy atom. The summed E-state index contributed by atoms with van der Waals surface area (Å²) < 4.78 is 10.5. The van der Waals surface area contributed by atoms with Crippen LogP contribution >= 0.6 is 0 Å². The number of carbonyl (C=O) groups is 1. The van der Waals surface area contributed by atoms with Crippen molar-refractivity contribution in [2.45, 2.75) is 26.4 Å². The van der Waals surface area contributed by atoms with Crippen LogP contribution in [0, 0.1) is 6.92 Å². The Bertz CT molecular complexity index is 1360. The number of hydrogen-bond donors (Lipinski definition) is 0. The van der Waals surface area contributed by atoms with Gasteiger partial charge in [0.2, 0.25) is 5.78 Å². The van der Waals surface area contributed by atoms with Crippen molar-refractivity contribution in [2.75, 3.05) is 7.11 Å². The Hall–Kier alpha value is -3.62. The zero-order chi connectivity index (χ0) is 20.9. The maximum Gasteiger partial charge on any atom is 0.333 e. The minimum Gasteiger partial charge on any atom is -0.468 e. The second-order valence-electron chi connectivity index (χ2n) is 6.99. The average Bonchev–Trinajstić information content (AvgIpc) is 3.24. The van der Waals surface area contributed by atoms with Crippen molar-refractivity contribution in [1.29, 1.82) is 0 Å². The molecule has 3 heterocycles. The van der Waals surface area contributed by atoms with Crippen LogP contribution in [-0.2, 0) is 23.1 Å². The van der Waals surface area contributed by atoms with Gasteiger partial charge in [0, 0.05) is 18.9 Å². The van der Waals surface area contributed by atoms with Crippen molar-refractivity contribution in [1.82, 2.24) is 23.1 Å². The van der Waals surface area contributed by atoms with E-state index in [4.69, 9.17) is 0 Å². The highest BCUT2D eigenvalue weighted by atomic mass is 16.5. The Balaban J connectivity index is 2.02. The lowest BCUT2D eigenvalue weighted by Crippen LogP contribution is -2.41. The van der Waals surface area contributed by atoms with E-state index in [0.29, 0.717) is 5.78 Å². The van der Waals surface area contributed by atoms with Crippen LogP contribution in [0.1, 0.15) is 24.2 Å². The fourth-order valence-electron chi connectivity index (χ4n) is 3.72.